The Morgan fingerprint density at radius 1 is 1.24 bits per heavy atom. The summed E-state index contributed by atoms with van der Waals surface area (Å²) in [5, 5.41) is 0. The van der Waals surface area contributed by atoms with E-state index in [4.69, 9.17) is 0 Å². The Hall–Kier alpha value is -0.757. The van der Waals surface area contributed by atoms with Crippen LogP contribution in [-0.4, -0.2) is 13.3 Å². The maximum atomic E-state index is 3.93. The fraction of sp³-hybridized carbons (Fsp3) is 0.375. The fourth-order valence-electron chi connectivity index (χ4n) is 3.08. The van der Waals surface area contributed by atoms with Crippen molar-refractivity contribution >= 4 is 23.2 Å². The molecule has 0 bridgehead atoms. The van der Waals surface area contributed by atoms with Gasteiger partial charge in [0.1, 0.15) is 0 Å². The van der Waals surface area contributed by atoms with Crippen LogP contribution in [0.3, 0.4) is 0 Å². The first-order valence-corrected chi connectivity index (χ1v) is 12.9. The van der Waals surface area contributed by atoms with Gasteiger partial charge in [0.25, 0.3) is 0 Å². The van der Waals surface area contributed by atoms with E-state index in [2.05, 4.69) is 55.4 Å². The molecular weight excluding hydrogens is 265 g/mol. The average Bonchev–Trinajstić information content (AvgIpc) is 2.52. The second kappa shape index (κ2) is 4.85. The van der Waals surface area contributed by atoms with Crippen LogP contribution in [0.4, 0.5) is 0 Å². The second-order valence-electron chi connectivity index (χ2n) is 5.37. The quantitative estimate of drug-likeness (QED) is 0.572. The standard InChI is InChI=1S/C16H22Ge/c1-5-9-13-14-11-7-8-12-16(14)17(3,4)15(13)10-6-2/h5,7-8,11-12H,1,6,9-10H2,2-4H3. The molecule has 2 rings (SSSR count). The number of hydrogen-bond donors (Lipinski definition) is 0. The van der Waals surface area contributed by atoms with Crippen LogP contribution in [0.1, 0.15) is 31.7 Å². The maximum absolute atomic E-state index is 3.93. The molecule has 0 N–H and O–H groups in total. The van der Waals surface area contributed by atoms with Gasteiger partial charge in [-0.2, -0.15) is 0 Å². The third-order valence-corrected chi connectivity index (χ3v) is 12.0. The fourth-order valence-corrected chi connectivity index (χ4v) is 10.7. The van der Waals surface area contributed by atoms with E-state index in [0.717, 1.165) is 6.42 Å². The van der Waals surface area contributed by atoms with E-state index in [9.17, 15) is 0 Å². The number of rotatable bonds is 4. The normalized spacial score (nSPS) is 17.1. The molecule has 0 amide bonds. The number of hydrogen-bond acceptors (Lipinski definition) is 0. The summed E-state index contributed by atoms with van der Waals surface area (Å²) in [4.78, 5) is 0. The van der Waals surface area contributed by atoms with Crippen LogP contribution in [0.25, 0.3) is 5.57 Å². The van der Waals surface area contributed by atoms with Crippen molar-refractivity contribution in [3.63, 3.8) is 0 Å². The van der Waals surface area contributed by atoms with Crippen LogP contribution >= 0.6 is 0 Å². The molecule has 0 fully saturated rings. The van der Waals surface area contributed by atoms with E-state index >= 15 is 0 Å². The number of benzene rings is 1. The zero-order valence-electron chi connectivity index (χ0n) is 11.2. The van der Waals surface area contributed by atoms with Gasteiger partial charge in [-0.15, -0.1) is 0 Å². The van der Waals surface area contributed by atoms with Gasteiger partial charge in [-0.1, -0.05) is 0 Å². The third kappa shape index (κ3) is 2.04. The Morgan fingerprint density at radius 3 is 2.59 bits per heavy atom. The zero-order valence-corrected chi connectivity index (χ0v) is 13.3. The van der Waals surface area contributed by atoms with Gasteiger partial charge in [-0.05, 0) is 0 Å². The predicted molar refractivity (Wildman–Crippen MR) is 80.2 cm³/mol. The van der Waals surface area contributed by atoms with E-state index in [-0.39, 0.29) is 0 Å². The second-order valence-corrected chi connectivity index (χ2v) is 14.6. The summed E-state index contributed by atoms with van der Waals surface area (Å²) in [7, 11) is 0. The van der Waals surface area contributed by atoms with E-state index in [1.54, 1.807) is 14.4 Å². The summed E-state index contributed by atoms with van der Waals surface area (Å²) < 4.78 is 3.47. The van der Waals surface area contributed by atoms with E-state index in [1.807, 2.05) is 0 Å². The minimum absolute atomic E-state index is 1.04. The topological polar surface area (TPSA) is 0 Å². The molecular formula is C16H22Ge. The molecule has 0 saturated heterocycles. The summed E-state index contributed by atoms with van der Waals surface area (Å²) in [5.74, 6) is 5.08. The van der Waals surface area contributed by atoms with Gasteiger partial charge in [-0.3, -0.25) is 0 Å². The first-order valence-electron chi connectivity index (χ1n) is 6.56. The summed E-state index contributed by atoms with van der Waals surface area (Å²) in [6.45, 7) is 6.22. The van der Waals surface area contributed by atoms with Crippen LogP contribution in [0.5, 0.6) is 0 Å². The predicted octanol–water partition coefficient (Wildman–Crippen LogP) is 4.28. The van der Waals surface area contributed by atoms with Gasteiger partial charge in [0.05, 0.1) is 0 Å². The molecule has 0 saturated carbocycles. The molecule has 0 unspecified atom stereocenters. The van der Waals surface area contributed by atoms with Crippen LogP contribution in [0.2, 0.25) is 11.5 Å². The van der Waals surface area contributed by atoms with Gasteiger partial charge in [-0.25, -0.2) is 0 Å². The van der Waals surface area contributed by atoms with Crippen molar-refractivity contribution in [2.75, 3.05) is 0 Å². The van der Waals surface area contributed by atoms with Crippen molar-refractivity contribution in [1.82, 2.24) is 0 Å². The molecule has 1 aromatic rings. The minimum atomic E-state index is -1.93. The Balaban J connectivity index is 2.59. The summed E-state index contributed by atoms with van der Waals surface area (Å²) >= 11 is -1.93. The van der Waals surface area contributed by atoms with Crippen molar-refractivity contribution in [2.24, 2.45) is 0 Å². The van der Waals surface area contributed by atoms with Crippen LogP contribution in [-0.2, 0) is 0 Å². The Kier molecular flexibility index (Phi) is 3.62. The zero-order chi connectivity index (χ0) is 12.5. The molecule has 1 aliphatic heterocycles. The average molecular weight is 287 g/mol. The molecule has 1 heteroatoms. The van der Waals surface area contributed by atoms with Crippen LogP contribution < -0.4 is 4.40 Å². The van der Waals surface area contributed by atoms with E-state index in [0.29, 0.717) is 0 Å². The van der Waals surface area contributed by atoms with Gasteiger partial charge in [0.15, 0.2) is 0 Å². The Labute approximate surface area is 108 Å². The van der Waals surface area contributed by atoms with Crippen molar-refractivity contribution in [3.05, 3.63) is 46.9 Å². The molecule has 17 heavy (non-hydrogen) atoms. The van der Waals surface area contributed by atoms with E-state index < -0.39 is 13.3 Å². The molecule has 0 aromatic heterocycles. The van der Waals surface area contributed by atoms with Crippen molar-refractivity contribution in [2.45, 2.75) is 37.7 Å². The molecule has 1 aliphatic rings. The van der Waals surface area contributed by atoms with Crippen molar-refractivity contribution < 1.29 is 0 Å². The number of allylic oxidation sites excluding steroid dienone is 3. The SMILES string of the molecule is C=CCC1=[C](CCC)[Ge]([CH3])([CH3])[c]2ccccc21. The molecule has 90 valence electrons. The van der Waals surface area contributed by atoms with Gasteiger partial charge in [0, 0.05) is 0 Å². The Bertz CT molecular complexity index is 466. The van der Waals surface area contributed by atoms with Crippen LogP contribution in [0, 0.1) is 0 Å². The first-order chi connectivity index (χ1) is 8.12. The molecule has 0 radical (unpaired) electrons. The van der Waals surface area contributed by atoms with Gasteiger partial charge in [0.2, 0.25) is 0 Å². The van der Waals surface area contributed by atoms with Crippen molar-refractivity contribution in [3.8, 4) is 0 Å². The van der Waals surface area contributed by atoms with Crippen molar-refractivity contribution in [1.29, 1.82) is 0 Å². The summed E-state index contributed by atoms with van der Waals surface area (Å²) in [6, 6.07) is 9.05. The van der Waals surface area contributed by atoms with E-state index in [1.165, 1.54) is 18.4 Å². The summed E-state index contributed by atoms with van der Waals surface area (Å²) in [6.07, 6.45) is 5.65. The Morgan fingerprint density at radius 2 is 1.94 bits per heavy atom. The van der Waals surface area contributed by atoms with Crippen LogP contribution in [0.15, 0.2) is 41.3 Å². The molecule has 1 heterocycles. The molecule has 0 spiro atoms. The third-order valence-electron chi connectivity index (χ3n) is 3.89. The molecule has 0 nitrogen and oxygen atoms in total. The summed E-state index contributed by atoms with van der Waals surface area (Å²) in [5.41, 5.74) is 3.13. The molecule has 0 aliphatic carbocycles. The molecule has 1 aromatic carbocycles. The van der Waals surface area contributed by atoms with Gasteiger partial charge >= 0.3 is 108 Å². The number of fused-ring (bicyclic) bond motifs is 1. The van der Waals surface area contributed by atoms with Gasteiger partial charge < -0.3 is 0 Å². The molecule has 0 atom stereocenters. The first kappa shape index (κ1) is 12.7. The monoisotopic (exact) mass is 288 g/mol.